The molecule has 0 aliphatic carbocycles. The molecule has 2 aromatic heterocycles. The van der Waals surface area contributed by atoms with Gasteiger partial charge in [-0.25, -0.2) is 4.98 Å². The van der Waals surface area contributed by atoms with Crippen LogP contribution in [0.25, 0.3) is 11.5 Å². The summed E-state index contributed by atoms with van der Waals surface area (Å²) in [5, 5.41) is 14.1. The Morgan fingerprint density at radius 2 is 2.04 bits per heavy atom. The van der Waals surface area contributed by atoms with E-state index >= 15 is 0 Å². The van der Waals surface area contributed by atoms with Crippen LogP contribution >= 0.6 is 0 Å². The molecule has 7 heteroatoms. The third kappa shape index (κ3) is 3.97. The molecule has 7 nitrogen and oxygen atoms in total. The maximum atomic E-state index is 10.2. The minimum atomic E-state index is -0.566. The summed E-state index contributed by atoms with van der Waals surface area (Å²) in [5.74, 6) is 0.874. The summed E-state index contributed by atoms with van der Waals surface area (Å²) in [6.07, 6.45) is 4.18. The average molecular weight is 311 g/mol. The first-order valence-corrected chi connectivity index (χ1v) is 7.23. The second-order valence-electron chi connectivity index (χ2n) is 5.23. The van der Waals surface area contributed by atoms with E-state index < -0.39 is 6.10 Å². The van der Waals surface area contributed by atoms with E-state index in [9.17, 15) is 5.11 Å². The Labute approximate surface area is 133 Å². The van der Waals surface area contributed by atoms with Crippen molar-refractivity contribution in [2.75, 3.05) is 13.6 Å². The Morgan fingerprint density at radius 1 is 1.22 bits per heavy atom. The number of aromatic nitrogens is 4. The van der Waals surface area contributed by atoms with Gasteiger partial charge in [0.25, 0.3) is 0 Å². The van der Waals surface area contributed by atoms with Gasteiger partial charge in [-0.3, -0.25) is 9.88 Å². The number of likely N-dealkylation sites (N-methyl/N-ethyl adjacent to an activating group) is 1. The van der Waals surface area contributed by atoms with Crippen LogP contribution in [0.1, 0.15) is 17.6 Å². The van der Waals surface area contributed by atoms with Crippen molar-refractivity contribution in [1.82, 2.24) is 25.0 Å². The van der Waals surface area contributed by atoms with Crippen molar-refractivity contribution in [3.8, 4) is 11.5 Å². The zero-order chi connectivity index (χ0) is 16.1. The molecule has 3 rings (SSSR count). The Kier molecular flexibility index (Phi) is 4.70. The van der Waals surface area contributed by atoms with Crippen molar-refractivity contribution in [2.45, 2.75) is 12.6 Å². The Hall–Kier alpha value is -2.64. The molecule has 0 spiro atoms. The minimum absolute atomic E-state index is 0.408. The highest BCUT2D eigenvalue weighted by molar-refractivity contribution is 5.45. The highest BCUT2D eigenvalue weighted by Gasteiger charge is 2.15. The Morgan fingerprint density at radius 3 is 2.78 bits per heavy atom. The first-order valence-electron chi connectivity index (χ1n) is 7.23. The summed E-state index contributed by atoms with van der Waals surface area (Å²) in [7, 11) is 1.89. The molecule has 0 fully saturated rings. The van der Waals surface area contributed by atoms with Gasteiger partial charge in [0.15, 0.2) is 0 Å². The summed E-state index contributed by atoms with van der Waals surface area (Å²) in [6, 6.07) is 9.54. The number of benzene rings is 1. The SMILES string of the molecule is CN(Cc1nc(-c2cnccn2)no1)C[C@H](O)c1ccccc1. The van der Waals surface area contributed by atoms with E-state index in [1.165, 1.54) is 0 Å². The average Bonchev–Trinajstić information content (AvgIpc) is 3.04. The lowest BCUT2D eigenvalue weighted by Gasteiger charge is -2.18. The van der Waals surface area contributed by atoms with Gasteiger partial charge in [0.1, 0.15) is 5.69 Å². The molecule has 0 aliphatic rings. The fourth-order valence-electron chi connectivity index (χ4n) is 2.21. The number of hydrogen-bond donors (Lipinski definition) is 1. The predicted molar refractivity (Wildman–Crippen MR) is 83.1 cm³/mol. The number of aliphatic hydroxyl groups excluding tert-OH is 1. The quantitative estimate of drug-likeness (QED) is 0.741. The molecule has 0 bridgehead atoms. The Balaban J connectivity index is 1.60. The lowest BCUT2D eigenvalue weighted by Crippen LogP contribution is -2.24. The molecule has 1 N–H and O–H groups in total. The van der Waals surface area contributed by atoms with Gasteiger partial charge in [0.05, 0.1) is 18.8 Å². The van der Waals surface area contributed by atoms with E-state index in [1.54, 1.807) is 18.6 Å². The molecule has 2 heterocycles. The van der Waals surface area contributed by atoms with Gasteiger partial charge in [-0.2, -0.15) is 4.98 Å². The van der Waals surface area contributed by atoms with Crippen LogP contribution in [0, 0.1) is 0 Å². The predicted octanol–water partition coefficient (Wildman–Crippen LogP) is 1.69. The summed E-state index contributed by atoms with van der Waals surface area (Å²) in [4.78, 5) is 14.3. The first-order chi connectivity index (χ1) is 11.2. The van der Waals surface area contributed by atoms with Crippen LogP contribution in [0.15, 0.2) is 53.4 Å². The van der Waals surface area contributed by atoms with E-state index in [0.29, 0.717) is 30.5 Å². The fourth-order valence-corrected chi connectivity index (χ4v) is 2.21. The third-order valence-electron chi connectivity index (χ3n) is 3.33. The summed E-state index contributed by atoms with van der Waals surface area (Å²) >= 11 is 0. The van der Waals surface area contributed by atoms with Crippen molar-refractivity contribution < 1.29 is 9.63 Å². The molecule has 0 saturated carbocycles. The molecule has 0 radical (unpaired) electrons. The second-order valence-corrected chi connectivity index (χ2v) is 5.23. The minimum Gasteiger partial charge on any atom is -0.387 e. The van der Waals surface area contributed by atoms with Crippen molar-refractivity contribution in [3.05, 3.63) is 60.4 Å². The smallest absolute Gasteiger partial charge is 0.241 e. The topological polar surface area (TPSA) is 88.2 Å². The molecule has 0 amide bonds. The van der Waals surface area contributed by atoms with Gasteiger partial charge in [0.2, 0.25) is 11.7 Å². The maximum Gasteiger partial charge on any atom is 0.241 e. The van der Waals surface area contributed by atoms with Gasteiger partial charge >= 0.3 is 0 Å². The van der Waals surface area contributed by atoms with Crippen LogP contribution in [0.5, 0.6) is 0 Å². The fraction of sp³-hybridized carbons (Fsp3) is 0.250. The molecular formula is C16H17N5O2. The molecule has 1 aromatic carbocycles. The van der Waals surface area contributed by atoms with E-state index in [4.69, 9.17) is 4.52 Å². The molecule has 0 unspecified atom stereocenters. The van der Waals surface area contributed by atoms with Crippen molar-refractivity contribution in [2.24, 2.45) is 0 Å². The molecule has 1 atom stereocenters. The van der Waals surface area contributed by atoms with Crippen LogP contribution < -0.4 is 0 Å². The number of nitrogens with zero attached hydrogens (tertiary/aromatic N) is 5. The molecule has 0 saturated heterocycles. The van der Waals surface area contributed by atoms with Crippen molar-refractivity contribution >= 4 is 0 Å². The number of aliphatic hydroxyl groups is 1. The lowest BCUT2D eigenvalue weighted by molar-refractivity contribution is 0.118. The Bertz CT molecular complexity index is 732. The van der Waals surface area contributed by atoms with Crippen molar-refractivity contribution in [3.63, 3.8) is 0 Å². The first kappa shape index (κ1) is 15.3. The molecule has 3 aromatic rings. The summed E-state index contributed by atoms with van der Waals surface area (Å²) in [6.45, 7) is 0.907. The van der Waals surface area contributed by atoms with E-state index in [1.807, 2.05) is 42.3 Å². The monoisotopic (exact) mass is 311 g/mol. The highest BCUT2D eigenvalue weighted by Crippen LogP contribution is 2.15. The van der Waals surface area contributed by atoms with E-state index in [-0.39, 0.29) is 0 Å². The van der Waals surface area contributed by atoms with Crippen LogP contribution in [0.3, 0.4) is 0 Å². The van der Waals surface area contributed by atoms with Gasteiger partial charge < -0.3 is 9.63 Å². The van der Waals surface area contributed by atoms with Crippen molar-refractivity contribution in [1.29, 1.82) is 0 Å². The largest absolute Gasteiger partial charge is 0.387 e. The molecule has 0 aliphatic heterocycles. The zero-order valence-corrected chi connectivity index (χ0v) is 12.7. The van der Waals surface area contributed by atoms with E-state index in [0.717, 1.165) is 5.56 Å². The standard InChI is InChI=1S/C16H17N5O2/c1-21(10-14(22)12-5-3-2-4-6-12)11-15-19-16(20-23-15)13-9-17-7-8-18-13/h2-9,14,22H,10-11H2,1H3/t14-/m0/s1. The number of rotatable bonds is 6. The molecule has 23 heavy (non-hydrogen) atoms. The normalized spacial score (nSPS) is 12.5. The summed E-state index contributed by atoms with van der Waals surface area (Å²) in [5.41, 5.74) is 1.44. The summed E-state index contributed by atoms with van der Waals surface area (Å²) < 4.78 is 5.22. The van der Waals surface area contributed by atoms with Gasteiger partial charge in [-0.15, -0.1) is 0 Å². The van der Waals surface area contributed by atoms with Crippen LogP contribution in [-0.2, 0) is 6.54 Å². The maximum absolute atomic E-state index is 10.2. The van der Waals surface area contributed by atoms with Gasteiger partial charge in [-0.05, 0) is 12.6 Å². The van der Waals surface area contributed by atoms with Crippen LogP contribution in [0.4, 0.5) is 0 Å². The van der Waals surface area contributed by atoms with Gasteiger partial charge in [0, 0.05) is 18.9 Å². The zero-order valence-electron chi connectivity index (χ0n) is 12.7. The number of hydrogen-bond acceptors (Lipinski definition) is 7. The highest BCUT2D eigenvalue weighted by atomic mass is 16.5. The van der Waals surface area contributed by atoms with Crippen LogP contribution in [0.2, 0.25) is 0 Å². The molecular weight excluding hydrogens is 294 g/mol. The van der Waals surface area contributed by atoms with Crippen LogP contribution in [-0.4, -0.2) is 43.7 Å². The third-order valence-corrected chi connectivity index (χ3v) is 3.33. The second kappa shape index (κ2) is 7.08. The molecule has 118 valence electrons. The lowest BCUT2D eigenvalue weighted by atomic mass is 10.1. The van der Waals surface area contributed by atoms with Gasteiger partial charge in [-0.1, -0.05) is 35.5 Å². The van der Waals surface area contributed by atoms with E-state index in [2.05, 4.69) is 20.1 Å².